The van der Waals surface area contributed by atoms with Crippen LogP contribution in [0.3, 0.4) is 0 Å². The van der Waals surface area contributed by atoms with Gasteiger partial charge in [-0.05, 0) is 12.8 Å². The SMILES string of the molecule is CCCCCCCCCCCCC(CCCCCCCCCCCC)C(O)O. The van der Waals surface area contributed by atoms with Crippen LogP contribution in [0.5, 0.6) is 0 Å². The van der Waals surface area contributed by atoms with Gasteiger partial charge in [-0.15, -0.1) is 0 Å². The van der Waals surface area contributed by atoms with Gasteiger partial charge in [0.1, 0.15) is 0 Å². The lowest BCUT2D eigenvalue weighted by Crippen LogP contribution is -2.19. The van der Waals surface area contributed by atoms with E-state index >= 15 is 0 Å². The molecule has 0 amide bonds. The molecule has 2 N–H and O–H groups in total. The van der Waals surface area contributed by atoms with Crippen molar-refractivity contribution in [3.63, 3.8) is 0 Å². The summed E-state index contributed by atoms with van der Waals surface area (Å²) in [5, 5.41) is 19.3. The van der Waals surface area contributed by atoms with Crippen molar-refractivity contribution in [2.75, 3.05) is 0 Å². The maximum absolute atomic E-state index is 9.65. The molecule has 0 saturated heterocycles. The summed E-state index contributed by atoms with van der Waals surface area (Å²) < 4.78 is 0. The Kier molecular flexibility index (Phi) is 23.1. The van der Waals surface area contributed by atoms with Crippen molar-refractivity contribution in [1.82, 2.24) is 0 Å². The van der Waals surface area contributed by atoms with E-state index in [2.05, 4.69) is 13.8 Å². The Morgan fingerprint density at radius 1 is 0.393 bits per heavy atom. The van der Waals surface area contributed by atoms with E-state index in [1.807, 2.05) is 0 Å². The Labute approximate surface area is 177 Å². The number of hydrogen-bond acceptors (Lipinski definition) is 2. The van der Waals surface area contributed by atoms with Crippen LogP contribution in [-0.2, 0) is 0 Å². The number of unbranched alkanes of at least 4 members (excludes halogenated alkanes) is 18. The molecule has 0 spiro atoms. The number of aliphatic hydroxyl groups is 2. The van der Waals surface area contributed by atoms with Crippen LogP contribution >= 0.6 is 0 Å². The maximum Gasteiger partial charge on any atom is 0.154 e. The van der Waals surface area contributed by atoms with Crippen molar-refractivity contribution in [1.29, 1.82) is 0 Å². The first-order valence-electron chi connectivity index (χ1n) is 13.1. The van der Waals surface area contributed by atoms with Crippen molar-refractivity contribution >= 4 is 0 Å². The molecule has 2 heteroatoms. The van der Waals surface area contributed by atoms with Gasteiger partial charge in [-0.1, -0.05) is 142 Å². The molecule has 28 heavy (non-hydrogen) atoms. The Hall–Kier alpha value is -0.0800. The van der Waals surface area contributed by atoms with Crippen molar-refractivity contribution in [2.24, 2.45) is 5.92 Å². The lowest BCUT2D eigenvalue weighted by atomic mass is 9.93. The summed E-state index contributed by atoms with van der Waals surface area (Å²) in [5.74, 6) is 0.100. The summed E-state index contributed by atoms with van der Waals surface area (Å²) in [6.45, 7) is 4.54. The van der Waals surface area contributed by atoms with Gasteiger partial charge >= 0.3 is 0 Å². The molecule has 0 heterocycles. The number of hydrogen-bond donors (Lipinski definition) is 2. The van der Waals surface area contributed by atoms with Gasteiger partial charge in [0, 0.05) is 5.92 Å². The zero-order valence-corrected chi connectivity index (χ0v) is 19.6. The molecule has 0 aromatic carbocycles. The van der Waals surface area contributed by atoms with Crippen LogP contribution in [0.1, 0.15) is 155 Å². The molecule has 0 saturated carbocycles. The molecule has 0 fully saturated rings. The molecule has 0 aromatic rings. The van der Waals surface area contributed by atoms with Gasteiger partial charge in [-0.3, -0.25) is 0 Å². The van der Waals surface area contributed by atoms with E-state index in [4.69, 9.17) is 0 Å². The molecule has 0 aliphatic carbocycles. The molecular formula is C26H54O2. The minimum Gasteiger partial charge on any atom is -0.368 e. The van der Waals surface area contributed by atoms with E-state index in [0.29, 0.717) is 0 Å². The van der Waals surface area contributed by atoms with Gasteiger partial charge < -0.3 is 10.2 Å². The normalized spacial score (nSPS) is 11.8. The van der Waals surface area contributed by atoms with Crippen LogP contribution in [-0.4, -0.2) is 16.5 Å². The lowest BCUT2D eigenvalue weighted by molar-refractivity contribution is -0.0890. The van der Waals surface area contributed by atoms with Crippen molar-refractivity contribution in [2.45, 2.75) is 161 Å². The molecule has 0 rings (SSSR count). The Bertz CT molecular complexity index is 254. The van der Waals surface area contributed by atoms with Gasteiger partial charge in [0.2, 0.25) is 0 Å². The summed E-state index contributed by atoms with van der Waals surface area (Å²) in [5.41, 5.74) is 0. The molecule has 0 bridgehead atoms. The first-order chi connectivity index (χ1) is 13.7. The molecule has 170 valence electrons. The smallest absolute Gasteiger partial charge is 0.154 e. The Morgan fingerprint density at radius 2 is 0.643 bits per heavy atom. The topological polar surface area (TPSA) is 40.5 Å². The highest BCUT2D eigenvalue weighted by Crippen LogP contribution is 2.21. The van der Waals surface area contributed by atoms with Crippen LogP contribution in [0.4, 0.5) is 0 Å². The fourth-order valence-electron chi connectivity index (χ4n) is 4.23. The third kappa shape index (κ3) is 20.6. The standard InChI is InChI=1S/C26H54O2/c1-3-5-7-9-11-13-15-17-19-21-23-25(26(27)28)24-22-20-18-16-14-12-10-8-6-4-2/h25-28H,3-24H2,1-2H3. The van der Waals surface area contributed by atoms with Crippen molar-refractivity contribution < 1.29 is 10.2 Å². The van der Waals surface area contributed by atoms with Crippen molar-refractivity contribution in [3.8, 4) is 0 Å². The number of aliphatic hydroxyl groups excluding tert-OH is 1. The van der Waals surface area contributed by atoms with Crippen molar-refractivity contribution in [3.05, 3.63) is 0 Å². The van der Waals surface area contributed by atoms with Crippen LogP contribution in [0.2, 0.25) is 0 Å². The van der Waals surface area contributed by atoms with Crippen LogP contribution in [0.15, 0.2) is 0 Å². The molecule has 0 aliphatic heterocycles. The fraction of sp³-hybridized carbons (Fsp3) is 1.00. The van der Waals surface area contributed by atoms with Crippen LogP contribution in [0, 0.1) is 5.92 Å². The van der Waals surface area contributed by atoms with Gasteiger partial charge in [0.25, 0.3) is 0 Å². The monoisotopic (exact) mass is 398 g/mol. The molecule has 2 nitrogen and oxygen atoms in total. The first kappa shape index (κ1) is 27.9. The average Bonchev–Trinajstić information content (AvgIpc) is 2.68. The van der Waals surface area contributed by atoms with Gasteiger partial charge in [0.05, 0.1) is 0 Å². The van der Waals surface area contributed by atoms with Gasteiger partial charge in [-0.2, -0.15) is 0 Å². The maximum atomic E-state index is 9.65. The number of rotatable bonds is 23. The summed E-state index contributed by atoms with van der Waals surface area (Å²) in [7, 11) is 0. The van der Waals surface area contributed by atoms with E-state index in [0.717, 1.165) is 25.7 Å². The van der Waals surface area contributed by atoms with E-state index in [1.54, 1.807) is 0 Å². The Balaban J connectivity index is 3.44. The minimum atomic E-state index is -1.11. The molecule has 0 radical (unpaired) electrons. The summed E-state index contributed by atoms with van der Waals surface area (Å²) in [4.78, 5) is 0. The predicted molar refractivity (Wildman–Crippen MR) is 125 cm³/mol. The second kappa shape index (κ2) is 23.2. The zero-order chi connectivity index (χ0) is 20.7. The second-order valence-electron chi connectivity index (χ2n) is 9.12. The highest BCUT2D eigenvalue weighted by atomic mass is 16.5. The second-order valence-corrected chi connectivity index (χ2v) is 9.12. The van der Waals surface area contributed by atoms with Gasteiger partial charge in [0.15, 0.2) is 6.29 Å². The van der Waals surface area contributed by atoms with Crippen LogP contribution < -0.4 is 0 Å². The highest BCUT2D eigenvalue weighted by molar-refractivity contribution is 4.62. The first-order valence-corrected chi connectivity index (χ1v) is 13.1. The molecule has 0 unspecified atom stereocenters. The van der Waals surface area contributed by atoms with Crippen LogP contribution in [0.25, 0.3) is 0 Å². The summed E-state index contributed by atoms with van der Waals surface area (Å²) in [6.07, 6.45) is 27.7. The summed E-state index contributed by atoms with van der Waals surface area (Å²) >= 11 is 0. The van der Waals surface area contributed by atoms with E-state index < -0.39 is 6.29 Å². The molecule has 0 aliphatic rings. The predicted octanol–water partition coefficient (Wildman–Crippen LogP) is 8.54. The lowest BCUT2D eigenvalue weighted by Gasteiger charge is -2.18. The summed E-state index contributed by atoms with van der Waals surface area (Å²) in [6, 6.07) is 0. The third-order valence-corrected chi connectivity index (χ3v) is 6.28. The molecule has 0 atom stereocenters. The molecule has 0 aromatic heterocycles. The largest absolute Gasteiger partial charge is 0.368 e. The zero-order valence-electron chi connectivity index (χ0n) is 19.6. The van der Waals surface area contributed by atoms with Gasteiger partial charge in [-0.25, -0.2) is 0 Å². The van der Waals surface area contributed by atoms with E-state index in [1.165, 1.54) is 116 Å². The fourth-order valence-corrected chi connectivity index (χ4v) is 4.23. The molecular weight excluding hydrogens is 344 g/mol. The highest BCUT2D eigenvalue weighted by Gasteiger charge is 2.15. The Morgan fingerprint density at radius 3 is 0.893 bits per heavy atom. The average molecular weight is 399 g/mol. The van der Waals surface area contributed by atoms with E-state index in [-0.39, 0.29) is 5.92 Å². The van der Waals surface area contributed by atoms with E-state index in [9.17, 15) is 10.2 Å². The minimum absolute atomic E-state index is 0.100. The third-order valence-electron chi connectivity index (χ3n) is 6.28. The quantitative estimate of drug-likeness (QED) is 0.134.